The lowest BCUT2D eigenvalue weighted by atomic mass is 10.0. The van der Waals surface area contributed by atoms with E-state index >= 15 is 0 Å². The zero-order valence-corrected chi connectivity index (χ0v) is 19.7. The molecule has 0 aromatic heterocycles. The molecule has 0 aliphatic carbocycles. The average Bonchev–Trinajstić information content (AvgIpc) is 3.10. The first-order valence-corrected chi connectivity index (χ1v) is 12.6. The second-order valence-corrected chi connectivity index (χ2v) is 10.4. The molecule has 2 aliphatic heterocycles. The summed E-state index contributed by atoms with van der Waals surface area (Å²) in [6.45, 7) is 8.64. The third kappa shape index (κ3) is 4.73. The predicted molar refractivity (Wildman–Crippen MR) is 124 cm³/mol. The van der Waals surface area contributed by atoms with Gasteiger partial charge in [0.2, 0.25) is 15.9 Å². The van der Waals surface area contributed by atoms with Crippen molar-refractivity contribution in [1.29, 1.82) is 0 Å². The van der Waals surface area contributed by atoms with Crippen molar-refractivity contribution in [2.24, 2.45) is 0 Å². The van der Waals surface area contributed by atoms with Crippen molar-refractivity contribution in [2.45, 2.75) is 44.2 Å². The lowest BCUT2D eigenvalue weighted by Gasteiger charge is -2.35. The maximum atomic E-state index is 13.2. The summed E-state index contributed by atoms with van der Waals surface area (Å²) in [4.78, 5) is 16.2. The molecule has 0 bridgehead atoms. The summed E-state index contributed by atoms with van der Waals surface area (Å²) in [5.41, 5.74) is 3.93. The Kier molecular flexibility index (Phi) is 6.67. The zero-order chi connectivity index (χ0) is 22.9. The number of anilines is 1. The molecule has 2 unspecified atom stereocenters. The van der Waals surface area contributed by atoms with Gasteiger partial charge in [-0.05, 0) is 49.6 Å². The van der Waals surface area contributed by atoms with E-state index < -0.39 is 10.0 Å². The smallest absolute Gasteiger partial charge is 0.240 e. The highest BCUT2D eigenvalue weighted by Gasteiger charge is 2.31. The normalized spacial score (nSPS) is 20.2. The van der Waals surface area contributed by atoms with Gasteiger partial charge in [0, 0.05) is 44.3 Å². The lowest BCUT2D eigenvalue weighted by molar-refractivity contribution is -0.116. The number of hydrogen-bond acceptors (Lipinski definition) is 5. The summed E-state index contributed by atoms with van der Waals surface area (Å²) in [5, 5.41) is 0. The molecular formula is C24H31N3O4S. The van der Waals surface area contributed by atoms with E-state index in [9.17, 15) is 13.2 Å². The van der Waals surface area contributed by atoms with Crippen LogP contribution in [0.15, 0.2) is 47.4 Å². The van der Waals surface area contributed by atoms with Crippen LogP contribution in [0, 0.1) is 6.92 Å². The summed E-state index contributed by atoms with van der Waals surface area (Å²) >= 11 is 0. The summed E-state index contributed by atoms with van der Waals surface area (Å²) in [5.74, 6) is -0.0310. The quantitative estimate of drug-likeness (QED) is 0.722. The van der Waals surface area contributed by atoms with E-state index in [1.165, 1.54) is 6.92 Å². The minimum absolute atomic E-state index is 0.0282. The summed E-state index contributed by atoms with van der Waals surface area (Å²) in [6.07, 6.45) is 0.651. The van der Waals surface area contributed by atoms with Crippen molar-refractivity contribution in [2.75, 3.05) is 37.7 Å². The minimum Gasteiger partial charge on any atom is -0.379 e. The molecule has 0 saturated carbocycles. The van der Waals surface area contributed by atoms with Crippen LogP contribution in [0.3, 0.4) is 0 Å². The van der Waals surface area contributed by atoms with Gasteiger partial charge >= 0.3 is 0 Å². The number of morpholine rings is 1. The Bertz CT molecular complexity index is 1100. The SMILES string of the molecule is CC(=O)N1c2ccc(S(=O)(=O)NCC(c3cccc(C)c3)N3CCOCC3)cc2CC1C. The van der Waals surface area contributed by atoms with Crippen molar-refractivity contribution in [1.82, 2.24) is 9.62 Å². The van der Waals surface area contributed by atoms with E-state index in [-0.39, 0.29) is 29.4 Å². The fraction of sp³-hybridized carbons (Fsp3) is 0.458. The molecule has 1 amide bonds. The zero-order valence-electron chi connectivity index (χ0n) is 18.9. The number of fused-ring (bicyclic) bond motifs is 1. The molecule has 2 aliphatic rings. The number of amides is 1. The number of carbonyl (C=O) groups is 1. The van der Waals surface area contributed by atoms with Crippen LogP contribution in [-0.4, -0.2) is 58.1 Å². The number of carbonyl (C=O) groups excluding carboxylic acids is 1. The molecule has 172 valence electrons. The summed E-state index contributed by atoms with van der Waals surface area (Å²) in [6, 6.07) is 13.2. The Morgan fingerprint density at radius 1 is 1.19 bits per heavy atom. The third-order valence-electron chi connectivity index (χ3n) is 6.30. The molecule has 32 heavy (non-hydrogen) atoms. The lowest BCUT2D eigenvalue weighted by Crippen LogP contribution is -2.43. The molecule has 2 aromatic carbocycles. The van der Waals surface area contributed by atoms with Gasteiger partial charge in [-0.2, -0.15) is 0 Å². The van der Waals surface area contributed by atoms with Crippen molar-refractivity contribution >= 4 is 21.6 Å². The first-order chi connectivity index (χ1) is 15.3. The highest BCUT2D eigenvalue weighted by Crippen LogP contribution is 2.34. The van der Waals surface area contributed by atoms with Crippen LogP contribution in [0.5, 0.6) is 0 Å². The van der Waals surface area contributed by atoms with Gasteiger partial charge in [-0.15, -0.1) is 0 Å². The van der Waals surface area contributed by atoms with Gasteiger partial charge in [-0.25, -0.2) is 13.1 Å². The Balaban J connectivity index is 1.55. The van der Waals surface area contributed by atoms with Crippen LogP contribution in [0.1, 0.15) is 36.6 Å². The first kappa shape index (κ1) is 22.9. The van der Waals surface area contributed by atoms with Crippen molar-refractivity contribution in [3.8, 4) is 0 Å². The Labute approximate surface area is 190 Å². The van der Waals surface area contributed by atoms with Gasteiger partial charge < -0.3 is 9.64 Å². The molecular weight excluding hydrogens is 426 g/mol. The second kappa shape index (κ2) is 9.31. The van der Waals surface area contributed by atoms with Crippen molar-refractivity contribution in [3.05, 3.63) is 59.2 Å². The maximum Gasteiger partial charge on any atom is 0.240 e. The molecule has 0 spiro atoms. The van der Waals surface area contributed by atoms with Crippen LogP contribution < -0.4 is 9.62 Å². The first-order valence-electron chi connectivity index (χ1n) is 11.1. The van der Waals surface area contributed by atoms with Crippen molar-refractivity contribution < 1.29 is 17.9 Å². The van der Waals surface area contributed by atoms with E-state index in [0.717, 1.165) is 35.5 Å². The molecule has 7 nitrogen and oxygen atoms in total. The molecule has 1 saturated heterocycles. The molecule has 2 atom stereocenters. The minimum atomic E-state index is -3.70. The van der Waals surface area contributed by atoms with E-state index in [2.05, 4.69) is 21.8 Å². The molecule has 4 rings (SSSR count). The molecule has 2 aromatic rings. The molecule has 8 heteroatoms. The highest BCUT2D eigenvalue weighted by molar-refractivity contribution is 7.89. The van der Waals surface area contributed by atoms with Crippen LogP contribution in [0.25, 0.3) is 0 Å². The topological polar surface area (TPSA) is 79.0 Å². The third-order valence-corrected chi connectivity index (χ3v) is 7.72. The number of hydrogen-bond donors (Lipinski definition) is 1. The summed E-state index contributed by atoms with van der Waals surface area (Å²) in [7, 11) is -3.70. The van der Waals surface area contributed by atoms with Gasteiger partial charge in [-0.1, -0.05) is 29.8 Å². The number of nitrogens with one attached hydrogen (secondary N) is 1. The van der Waals surface area contributed by atoms with Crippen LogP contribution in [-0.2, 0) is 26.0 Å². The van der Waals surface area contributed by atoms with E-state index in [0.29, 0.717) is 19.6 Å². The fourth-order valence-corrected chi connectivity index (χ4v) is 5.84. The standard InChI is InChI=1S/C24H31N3O4S/c1-17-5-4-6-20(13-17)24(26-9-11-31-12-10-26)16-25-32(29,30)22-7-8-23-21(15-22)14-18(2)27(23)19(3)28/h4-8,13,15,18,24-25H,9-12,14,16H2,1-3H3. The van der Waals surface area contributed by atoms with Gasteiger partial charge in [0.25, 0.3) is 0 Å². The molecule has 2 heterocycles. The van der Waals surface area contributed by atoms with Crippen LogP contribution in [0.2, 0.25) is 0 Å². The molecule has 1 N–H and O–H groups in total. The van der Waals surface area contributed by atoms with Gasteiger partial charge in [0.05, 0.1) is 18.1 Å². The molecule has 1 fully saturated rings. The van der Waals surface area contributed by atoms with Crippen LogP contribution in [0.4, 0.5) is 5.69 Å². The Morgan fingerprint density at radius 2 is 1.94 bits per heavy atom. The van der Waals surface area contributed by atoms with Crippen molar-refractivity contribution in [3.63, 3.8) is 0 Å². The number of nitrogens with zero attached hydrogens (tertiary/aromatic N) is 2. The largest absolute Gasteiger partial charge is 0.379 e. The second-order valence-electron chi connectivity index (χ2n) is 8.66. The molecule has 0 radical (unpaired) electrons. The number of aryl methyl sites for hydroxylation is 1. The maximum absolute atomic E-state index is 13.2. The van der Waals surface area contributed by atoms with E-state index in [4.69, 9.17) is 4.74 Å². The number of ether oxygens (including phenoxy) is 1. The number of sulfonamides is 1. The van der Waals surface area contributed by atoms with E-state index in [1.807, 2.05) is 26.0 Å². The van der Waals surface area contributed by atoms with Gasteiger partial charge in [-0.3, -0.25) is 9.69 Å². The van der Waals surface area contributed by atoms with Crippen LogP contribution >= 0.6 is 0 Å². The number of benzene rings is 2. The monoisotopic (exact) mass is 457 g/mol. The van der Waals surface area contributed by atoms with Gasteiger partial charge in [0.15, 0.2) is 0 Å². The van der Waals surface area contributed by atoms with Gasteiger partial charge in [0.1, 0.15) is 0 Å². The number of rotatable bonds is 6. The van der Waals surface area contributed by atoms with E-state index in [1.54, 1.807) is 23.1 Å². The highest BCUT2D eigenvalue weighted by atomic mass is 32.2. The Morgan fingerprint density at radius 3 is 2.62 bits per heavy atom. The average molecular weight is 458 g/mol. The Hall–Kier alpha value is -2.26. The fourth-order valence-electron chi connectivity index (χ4n) is 4.75. The summed E-state index contributed by atoms with van der Waals surface area (Å²) < 4.78 is 34.7. The predicted octanol–water partition coefficient (Wildman–Crippen LogP) is 2.64.